The molecule has 0 aliphatic carbocycles. The summed E-state index contributed by atoms with van der Waals surface area (Å²) in [6, 6.07) is 14.3. The van der Waals surface area contributed by atoms with Crippen molar-refractivity contribution in [2.24, 2.45) is 0 Å². The predicted octanol–water partition coefficient (Wildman–Crippen LogP) is 4.32. The van der Waals surface area contributed by atoms with Crippen LogP contribution in [0.2, 0.25) is 0 Å². The van der Waals surface area contributed by atoms with E-state index < -0.39 is 0 Å². The maximum Gasteiger partial charge on any atom is 0.187 e. The normalized spacial score (nSPS) is 14.3. The van der Waals surface area contributed by atoms with Gasteiger partial charge in [-0.3, -0.25) is 0 Å². The molecule has 0 saturated heterocycles. The summed E-state index contributed by atoms with van der Waals surface area (Å²) in [6.07, 6.45) is 1.01. The lowest BCUT2D eigenvalue weighted by atomic mass is 9.91. The third-order valence-corrected chi connectivity index (χ3v) is 3.74. The van der Waals surface area contributed by atoms with Crippen LogP contribution in [0.3, 0.4) is 0 Å². The molecule has 1 unspecified atom stereocenters. The molecule has 1 aliphatic heterocycles. The number of ether oxygens (including phenoxy) is 1. The summed E-state index contributed by atoms with van der Waals surface area (Å²) >= 11 is 0. The Morgan fingerprint density at radius 3 is 2.58 bits per heavy atom. The Hall–Kier alpha value is -2.27. The topological polar surface area (TPSA) is 13.6 Å². The molecule has 0 bridgehead atoms. The van der Waals surface area contributed by atoms with Crippen LogP contribution in [0.25, 0.3) is 4.85 Å². The molecule has 2 aromatic carbocycles. The van der Waals surface area contributed by atoms with Crippen LogP contribution in [-0.4, -0.2) is 6.61 Å². The molecule has 0 radical (unpaired) electrons. The standard InChI is InChI=1S/C17H15NO/c1-12(13-3-6-16(18-2)7-4-13)14-5-8-17-15(11-14)9-10-19-17/h3-8,11-12H,9-10H2,1H3. The maximum atomic E-state index is 6.98. The van der Waals surface area contributed by atoms with Crippen molar-refractivity contribution in [3.05, 3.63) is 70.6 Å². The molecule has 0 saturated carbocycles. The van der Waals surface area contributed by atoms with Gasteiger partial charge in [-0.25, -0.2) is 4.85 Å². The highest BCUT2D eigenvalue weighted by Crippen LogP contribution is 2.32. The van der Waals surface area contributed by atoms with E-state index in [1.165, 1.54) is 16.7 Å². The highest BCUT2D eigenvalue weighted by molar-refractivity contribution is 5.48. The minimum Gasteiger partial charge on any atom is -0.493 e. The first-order chi connectivity index (χ1) is 9.28. The number of hydrogen-bond donors (Lipinski definition) is 0. The van der Waals surface area contributed by atoms with E-state index in [1.807, 2.05) is 24.3 Å². The first-order valence-electron chi connectivity index (χ1n) is 6.51. The van der Waals surface area contributed by atoms with E-state index in [4.69, 9.17) is 11.3 Å². The summed E-state index contributed by atoms with van der Waals surface area (Å²) in [4.78, 5) is 3.42. The van der Waals surface area contributed by atoms with Gasteiger partial charge in [0.2, 0.25) is 0 Å². The van der Waals surface area contributed by atoms with Crippen LogP contribution in [0, 0.1) is 6.57 Å². The third kappa shape index (κ3) is 2.20. The smallest absolute Gasteiger partial charge is 0.187 e. The zero-order valence-corrected chi connectivity index (χ0v) is 10.9. The van der Waals surface area contributed by atoms with Crippen LogP contribution in [0.1, 0.15) is 29.5 Å². The molecule has 2 aromatic rings. The zero-order valence-electron chi connectivity index (χ0n) is 10.9. The molecule has 0 amide bonds. The summed E-state index contributed by atoms with van der Waals surface area (Å²) in [6.45, 7) is 9.98. The monoisotopic (exact) mass is 249 g/mol. The minimum absolute atomic E-state index is 0.339. The molecule has 1 atom stereocenters. The lowest BCUT2D eigenvalue weighted by molar-refractivity contribution is 0.357. The Balaban J connectivity index is 1.90. The van der Waals surface area contributed by atoms with Gasteiger partial charge in [-0.2, -0.15) is 0 Å². The molecule has 0 spiro atoms. The predicted molar refractivity (Wildman–Crippen MR) is 75.9 cm³/mol. The minimum atomic E-state index is 0.339. The van der Waals surface area contributed by atoms with Crippen molar-refractivity contribution in [3.8, 4) is 5.75 Å². The fraction of sp³-hybridized carbons (Fsp3) is 0.235. The van der Waals surface area contributed by atoms with Gasteiger partial charge in [0.25, 0.3) is 0 Å². The van der Waals surface area contributed by atoms with Crippen LogP contribution in [0.15, 0.2) is 42.5 Å². The van der Waals surface area contributed by atoms with Gasteiger partial charge in [0.1, 0.15) is 5.75 Å². The molecular weight excluding hydrogens is 234 g/mol. The van der Waals surface area contributed by atoms with Crippen molar-refractivity contribution < 1.29 is 4.74 Å². The van der Waals surface area contributed by atoms with Gasteiger partial charge in [0, 0.05) is 12.3 Å². The molecule has 1 aliphatic rings. The SMILES string of the molecule is [C-]#[N+]c1ccc(C(C)c2ccc3c(c2)CCO3)cc1. The second-order valence-corrected chi connectivity index (χ2v) is 4.89. The largest absolute Gasteiger partial charge is 0.493 e. The molecule has 94 valence electrons. The maximum absolute atomic E-state index is 6.98. The molecule has 0 fully saturated rings. The molecule has 2 heteroatoms. The number of fused-ring (bicyclic) bond motifs is 1. The van der Waals surface area contributed by atoms with Crippen molar-refractivity contribution in [2.75, 3.05) is 6.61 Å². The highest BCUT2D eigenvalue weighted by Gasteiger charge is 2.15. The van der Waals surface area contributed by atoms with Gasteiger partial charge in [-0.1, -0.05) is 43.3 Å². The first kappa shape index (κ1) is 11.8. The van der Waals surface area contributed by atoms with Crippen LogP contribution in [-0.2, 0) is 6.42 Å². The zero-order chi connectivity index (χ0) is 13.2. The van der Waals surface area contributed by atoms with Crippen LogP contribution in [0.5, 0.6) is 5.75 Å². The van der Waals surface area contributed by atoms with E-state index in [9.17, 15) is 0 Å². The summed E-state index contributed by atoms with van der Waals surface area (Å²) in [7, 11) is 0. The molecular formula is C17H15NO. The molecule has 19 heavy (non-hydrogen) atoms. The fourth-order valence-electron chi connectivity index (χ4n) is 2.51. The van der Waals surface area contributed by atoms with E-state index in [0.29, 0.717) is 11.6 Å². The highest BCUT2D eigenvalue weighted by atomic mass is 16.5. The van der Waals surface area contributed by atoms with Gasteiger partial charge in [0.15, 0.2) is 5.69 Å². The summed E-state index contributed by atoms with van der Waals surface area (Å²) in [5, 5.41) is 0. The van der Waals surface area contributed by atoms with Gasteiger partial charge in [0.05, 0.1) is 13.2 Å². The number of hydrogen-bond acceptors (Lipinski definition) is 1. The summed E-state index contributed by atoms with van der Waals surface area (Å²) < 4.78 is 5.54. The van der Waals surface area contributed by atoms with E-state index in [-0.39, 0.29) is 0 Å². The van der Waals surface area contributed by atoms with Crippen molar-refractivity contribution in [3.63, 3.8) is 0 Å². The van der Waals surface area contributed by atoms with Crippen molar-refractivity contribution >= 4 is 5.69 Å². The first-order valence-corrected chi connectivity index (χ1v) is 6.51. The second-order valence-electron chi connectivity index (χ2n) is 4.89. The average Bonchev–Trinajstić information content (AvgIpc) is 2.94. The molecule has 3 rings (SSSR count). The average molecular weight is 249 g/mol. The van der Waals surface area contributed by atoms with Gasteiger partial charge in [-0.15, -0.1) is 0 Å². The Kier molecular flexibility index (Phi) is 2.97. The molecule has 2 nitrogen and oxygen atoms in total. The molecule has 1 heterocycles. The van der Waals surface area contributed by atoms with E-state index in [0.717, 1.165) is 18.8 Å². The number of nitrogens with zero attached hydrogens (tertiary/aromatic N) is 1. The Morgan fingerprint density at radius 2 is 1.84 bits per heavy atom. The van der Waals surface area contributed by atoms with Crippen LogP contribution >= 0.6 is 0 Å². The Bertz CT molecular complexity index is 637. The summed E-state index contributed by atoms with van der Waals surface area (Å²) in [5.41, 5.74) is 4.55. The quantitative estimate of drug-likeness (QED) is 0.722. The lowest BCUT2D eigenvalue weighted by Crippen LogP contribution is -1.96. The van der Waals surface area contributed by atoms with Crippen molar-refractivity contribution in [2.45, 2.75) is 19.3 Å². The Morgan fingerprint density at radius 1 is 1.11 bits per heavy atom. The van der Waals surface area contributed by atoms with Crippen LogP contribution < -0.4 is 4.74 Å². The van der Waals surface area contributed by atoms with E-state index >= 15 is 0 Å². The van der Waals surface area contributed by atoms with Crippen molar-refractivity contribution in [1.29, 1.82) is 0 Å². The van der Waals surface area contributed by atoms with E-state index in [2.05, 4.69) is 30.0 Å². The number of benzene rings is 2. The number of rotatable bonds is 2. The fourth-order valence-corrected chi connectivity index (χ4v) is 2.51. The van der Waals surface area contributed by atoms with Gasteiger partial charge < -0.3 is 4.74 Å². The molecule has 0 aromatic heterocycles. The Labute approximate surface area is 113 Å². The third-order valence-electron chi connectivity index (χ3n) is 3.74. The summed E-state index contributed by atoms with van der Waals surface area (Å²) in [5.74, 6) is 1.37. The van der Waals surface area contributed by atoms with Gasteiger partial charge >= 0.3 is 0 Å². The second kappa shape index (κ2) is 4.78. The lowest BCUT2D eigenvalue weighted by Gasteiger charge is -2.13. The van der Waals surface area contributed by atoms with Crippen LogP contribution in [0.4, 0.5) is 5.69 Å². The molecule has 0 N–H and O–H groups in total. The van der Waals surface area contributed by atoms with Crippen molar-refractivity contribution in [1.82, 2.24) is 0 Å². The van der Waals surface area contributed by atoms with Gasteiger partial charge in [-0.05, 0) is 22.8 Å². The van der Waals surface area contributed by atoms with E-state index in [1.54, 1.807) is 0 Å².